The van der Waals surface area contributed by atoms with Gasteiger partial charge in [0.1, 0.15) is 21.7 Å². The zero-order chi connectivity index (χ0) is 46.4. The molecular weight excluding hydrogens is 917 g/mol. The van der Waals surface area contributed by atoms with Gasteiger partial charge in [0, 0.05) is 45.2 Å². The second-order valence-electron chi connectivity index (χ2n) is 16.0. The first kappa shape index (κ1) is 45.1. The molecule has 68 heavy (non-hydrogen) atoms. The maximum absolute atomic E-state index is 11.7. The molecule has 0 aliphatic heterocycles. The second kappa shape index (κ2) is 20.6. The predicted octanol–water partition coefficient (Wildman–Crippen LogP) is 12.5. The second-order valence-corrected chi connectivity index (χ2v) is 20.4. The van der Waals surface area contributed by atoms with E-state index in [1.54, 1.807) is 23.5 Å². The Hall–Kier alpha value is -6.74. The molecule has 6 aromatic carbocycles. The average Bonchev–Trinajstić information content (AvgIpc) is 4.17. The molecule has 0 atom stereocenters. The van der Waals surface area contributed by atoms with Crippen molar-refractivity contribution in [1.82, 2.24) is 19.1 Å². The number of hydrogen-bond donors (Lipinski definition) is 2. The van der Waals surface area contributed by atoms with Gasteiger partial charge < -0.3 is 19.3 Å². The molecule has 0 saturated heterocycles. The SMILES string of the molecule is [C-]#[N+]/C(c1nc2ccccc2s1)=c1\c2c(-c3ccc(SCCCCO)cc3)n(-c3ccccc3)/c(=C(/C#N)c3nc4ccccc4s3)c2c(-c2ccc(SCCCCO)cc2)n1-c1ccccc1. The number of rotatable bonds is 16. The predicted molar refractivity (Wildman–Crippen MR) is 283 cm³/mol. The molecule has 4 aromatic heterocycles. The minimum atomic E-state index is 0.176. The van der Waals surface area contributed by atoms with Crippen LogP contribution in [0.4, 0.5) is 0 Å². The Balaban J connectivity index is 1.43. The van der Waals surface area contributed by atoms with Crippen molar-refractivity contribution >= 4 is 88.7 Å². The maximum atomic E-state index is 11.7. The monoisotopic (exact) mass is 960 g/mol. The van der Waals surface area contributed by atoms with Gasteiger partial charge in [-0.2, -0.15) is 5.26 Å². The van der Waals surface area contributed by atoms with Crippen LogP contribution < -0.4 is 10.7 Å². The van der Waals surface area contributed by atoms with Gasteiger partial charge in [0.2, 0.25) is 5.70 Å². The smallest absolute Gasteiger partial charge is 0.246 e. The minimum absolute atomic E-state index is 0.176. The molecule has 12 heteroatoms. The van der Waals surface area contributed by atoms with Crippen molar-refractivity contribution in [1.29, 1.82) is 5.26 Å². The van der Waals surface area contributed by atoms with E-state index in [0.29, 0.717) is 32.0 Å². The van der Waals surface area contributed by atoms with Crippen molar-refractivity contribution in [3.8, 4) is 40.0 Å². The van der Waals surface area contributed by atoms with Crippen LogP contribution in [0.25, 0.3) is 81.2 Å². The van der Waals surface area contributed by atoms with Crippen LogP contribution in [0, 0.1) is 17.9 Å². The number of fused-ring (bicyclic) bond motifs is 3. The summed E-state index contributed by atoms with van der Waals surface area (Å²) in [5.41, 5.74) is 7.64. The van der Waals surface area contributed by atoms with Gasteiger partial charge in [-0.15, -0.1) is 46.2 Å². The molecule has 0 unspecified atom stereocenters. The van der Waals surface area contributed by atoms with Gasteiger partial charge in [-0.05, 0) is 121 Å². The summed E-state index contributed by atoms with van der Waals surface area (Å²) >= 11 is 6.52. The normalized spacial score (nSPS) is 12.4. The summed E-state index contributed by atoms with van der Waals surface area (Å²) in [5.74, 6) is 1.77. The molecule has 0 fully saturated rings. The van der Waals surface area contributed by atoms with Gasteiger partial charge in [0.05, 0.1) is 49.1 Å². The molecule has 0 aliphatic rings. The van der Waals surface area contributed by atoms with E-state index < -0.39 is 0 Å². The van der Waals surface area contributed by atoms with Crippen LogP contribution in [-0.4, -0.2) is 54.0 Å². The van der Waals surface area contributed by atoms with E-state index in [1.165, 1.54) is 22.7 Å². The molecule has 0 aliphatic carbocycles. The van der Waals surface area contributed by atoms with E-state index in [4.69, 9.17) is 16.5 Å². The Bertz CT molecular complexity index is 3310. The number of aliphatic hydroxyl groups is 2. The summed E-state index contributed by atoms with van der Waals surface area (Å²) in [7, 11) is 0. The number of benzene rings is 6. The van der Waals surface area contributed by atoms with Crippen LogP contribution in [0.15, 0.2) is 168 Å². The van der Waals surface area contributed by atoms with Crippen molar-refractivity contribution in [3.63, 3.8) is 0 Å². The first-order valence-electron chi connectivity index (χ1n) is 22.5. The quantitative estimate of drug-likeness (QED) is 0.0565. The van der Waals surface area contributed by atoms with E-state index in [9.17, 15) is 15.5 Å². The summed E-state index contributed by atoms with van der Waals surface area (Å²) < 4.78 is 6.39. The molecular formula is C56H44N6O2S4. The van der Waals surface area contributed by atoms with Gasteiger partial charge in [-0.3, -0.25) is 0 Å². The van der Waals surface area contributed by atoms with Crippen molar-refractivity contribution in [2.45, 2.75) is 35.5 Å². The number of unbranched alkanes of at least 4 members (excludes halogenated alkanes) is 2. The number of thioether (sulfide) groups is 2. The van der Waals surface area contributed by atoms with E-state index in [-0.39, 0.29) is 13.2 Å². The van der Waals surface area contributed by atoms with Gasteiger partial charge in [-0.25, -0.2) is 14.8 Å². The fraction of sp³-hybridized carbons (Fsp3) is 0.143. The van der Waals surface area contributed by atoms with Gasteiger partial charge in [0.25, 0.3) is 0 Å². The van der Waals surface area contributed by atoms with Crippen LogP contribution in [0.5, 0.6) is 0 Å². The standard InChI is InChI=1S/C56H44N6O2S4/c1-58-50(56-60-45-21-9-11-23-47(45)68-56)54-49-48(51(62(54)40-18-6-3-7-19-40)37-24-28-41(29-25-37)65-34-14-12-32-63)53(43(36-57)55-59-44-20-8-10-22-46(44)67-55)61(39-16-4-2-5-17-39)52(49)38-26-30-42(31-27-38)66-35-15-13-33-64/h2-11,16-31,63-64H,12-15,32-35H2/b53-43-,54-50+. The summed E-state index contributed by atoms with van der Waals surface area (Å²) in [6.45, 7) is 9.50. The lowest BCUT2D eigenvalue weighted by molar-refractivity contribution is 0.287. The van der Waals surface area contributed by atoms with E-state index in [0.717, 1.165) is 112 Å². The number of hydrogen-bond acceptors (Lipinski definition) is 9. The van der Waals surface area contributed by atoms with Crippen molar-refractivity contribution in [2.24, 2.45) is 0 Å². The highest BCUT2D eigenvalue weighted by molar-refractivity contribution is 7.99. The molecule has 10 aromatic rings. The summed E-state index contributed by atoms with van der Waals surface area (Å²) in [4.78, 5) is 17.0. The van der Waals surface area contributed by atoms with Crippen LogP contribution >= 0.6 is 46.2 Å². The van der Waals surface area contributed by atoms with Crippen LogP contribution in [0.3, 0.4) is 0 Å². The molecule has 8 nitrogen and oxygen atoms in total. The zero-order valence-electron chi connectivity index (χ0n) is 36.9. The largest absolute Gasteiger partial charge is 0.396 e. The van der Waals surface area contributed by atoms with Crippen molar-refractivity contribution in [2.75, 3.05) is 24.7 Å². The molecule has 0 amide bonds. The highest BCUT2D eigenvalue weighted by Gasteiger charge is 2.31. The highest BCUT2D eigenvalue weighted by atomic mass is 32.2. The lowest BCUT2D eigenvalue weighted by Crippen LogP contribution is -2.23. The summed E-state index contributed by atoms with van der Waals surface area (Å²) in [6.07, 6.45) is 3.33. The Morgan fingerprint density at radius 2 is 1.00 bits per heavy atom. The Morgan fingerprint density at radius 1 is 0.559 bits per heavy atom. The van der Waals surface area contributed by atoms with Gasteiger partial charge >= 0.3 is 0 Å². The first-order chi connectivity index (χ1) is 33.6. The third-order valence-corrected chi connectivity index (χ3v) is 16.0. The zero-order valence-corrected chi connectivity index (χ0v) is 40.1. The number of aromatic nitrogens is 4. The molecule has 0 bridgehead atoms. The van der Waals surface area contributed by atoms with Gasteiger partial charge in [0.15, 0.2) is 0 Å². The molecule has 0 radical (unpaired) electrons. The first-order valence-corrected chi connectivity index (χ1v) is 26.1. The summed E-state index contributed by atoms with van der Waals surface area (Å²) in [5, 5.41) is 34.8. The minimum Gasteiger partial charge on any atom is -0.396 e. The average molecular weight is 961 g/mol. The number of nitrogens with zero attached hydrogens (tertiary/aromatic N) is 6. The molecule has 2 N–H and O–H groups in total. The van der Waals surface area contributed by atoms with E-state index >= 15 is 0 Å². The van der Waals surface area contributed by atoms with Crippen molar-refractivity contribution in [3.05, 3.63) is 190 Å². The number of thiazole rings is 2. The fourth-order valence-corrected chi connectivity index (χ4v) is 12.4. The third-order valence-electron chi connectivity index (χ3n) is 11.7. The maximum Gasteiger partial charge on any atom is 0.246 e. The van der Waals surface area contributed by atoms with Crippen LogP contribution in [0.2, 0.25) is 0 Å². The lowest BCUT2D eigenvalue weighted by Gasteiger charge is -2.16. The number of aliphatic hydroxyl groups excluding tert-OH is 2. The molecule has 4 heterocycles. The van der Waals surface area contributed by atoms with Crippen molar-refractivity contribution < 1.29 is 10.2 Å². The number of para-hydroxylation sites is 4. The molecule has 0 saturated carbocycles. The lowest BCUT2D eigenvalue weighted by atomic mass is 10.0. The Labute approximate surface area is 410 Å². The Kier molecular flexibility index (Phi) is 13.7. The third kappa shape index (κ3) is 8.79. The van der Waals surface area contributed by atoms with Crippen LogP contribution in [-0.2, 0) is 0 Å². The highest BCUT2D eigenvalue weighted by Crippen LogP contribution is 2.40. The molecule has 10 rings (SSSR count). The van der Waals surface area contributed by atoms with Crippen LogP contribution in [0.1, 0.15) is 35.7 Å². The topological polar surface area (TPSA) is 104 Å². The molecule has 0 spiro atoms. The number of nitriles is 1. The van der Waals surface area contributed by atoms with E-state index in [2.05, 4.69) is 92.8 Å². The summed E-state index contributed by atoms with van der Waals surface area (Å²) in [6, 6.07) is 56.3. The Morgan fingerprint density at radius 3 is 1.47 bits per heavy atom. The fourth-order valence-electron chi connectivity index (χ4n) is 8.63. The van der Waals surface area contributed by atoms with Gasteiger partial charge in [-0.1, -0.05) is 84.9 Å². The molecule has 334 valence electrons. The van der Waals surface area contributed by atoms with E-state index in [1.807, 2.05) is 84.9 Å².